The zero-order valence-electron chi connectivity index (χ0n) is 13.7. The highest BCUT2D eigenvalue weighted by Crippen LogP contribution is 2.30. The molecule has 1 aliphatic rings. The number of amides is 3. The number of carbonyl (C=O) groups is 2. The molecule has 1 atom stereocenters. The van der Waals surface area contributed by atoms with Gasteiger partial charge in [0, 0.05) is 4.47 Å². The molecule has 1 fully saturated rings. The first-order valence-electron chi connectivity index (χ1n) is 7.55. The highest BCUT2D eigenvalue weighted by molar-refractivity contribution is 9.10. The number of methoxy groups -OCH3 is 1. The number of ether oxygens (including phenoxy) is 1. The van der Waals surface area contributed by atoms with Crippen LogP contribution in [0.15, 0.2) is 58.1 Å². The minimum absolute atomic E-state index is 0.436. The summed E-state index contributed by atoms with van der Waals surface area (Å²) in [6.07, 6.45) is 1.47. The van der Waals surface area contributed by atoms with E-state index in [-0.39, 0.29) is 0 Å². The molecule has 3 rings (SSSR count). The molecule has 7 heteroatoms. The van der Waals surface area contributed by atoms with E-state index in [2.05, 4.69) is 26.3 Å². The Kier molecular flexibility index (Phi) is 4.59. The normalized spacial score (nSPS) is 20.2. The quantitative estimate of drug-likeness (QED) is 0.631. The summed E-state index contributed by atoms with van der Waals surface area (Å²) in [6.45, 7) is 1.66. The van der Waals surface area contributed by atoms with Crippen LogP contribution in [0.3, 0.4) is 0 Å². The maximum atomic E-state index is 12.8. The number of nitrogens with one attached hydrogen (secondary N) is 1. The molecule has 2 aromatic rings. The van der Waals surface area contributed by atoms with Crippen LogP contribution in [0, 0.1) is 0 Å². The SMILES string of the molecule is COc1ccc([C@@]2(C)NC(=O)N(N=Cc3cccc(Br)c3)C2=O)cc1. The molecular formula is C18H16BrN3O3. The van der Waals surface area contributed by atoms with Gasteiger partial charge in [-0.3, -0.25) is 4.79 Å². The molecule has 0 spiro atoms. The van der Waals surface area contributed by atoms with E-state index in [1.165, 1.54) is 6.21 Å². The number of halogens is 1. The third kappa shape index (κ3) is 3.28. The second-order valence-electron chi connectivity index (χ2n) is 5.70. The maximum Gasteiger partial charge on any atom is 0.346 e. The summed E-state index contributed by atoms with van der Waals surface area (Å²) in [5, 5.41) is 7.61. The van der Waals surface area contributed by atoms with Crippen molar-refractivity contribution in [2.75, 3.05) is 7.11 Å². The molecule has 0 saturated carbocycles. The fraction of sp³-hybridized carbons (Fsp3) is 0.167. The molecule has 1 heterocycles. The van der Waals surface area contributed by atoms with Gasteiger partial charge in [0.2, 0.25) is 0 Å². The number of hydrogen-bond acceptors (Lipinski definition) is 4. The molecule has 0 unspecified atom stereocenters. The standard InChI is InChI=1S/C18H16BrN3O3/c1-18(13-6-8-15(25-2)9-7-13)16(23)22(17(24)21-18)20-11-12-4-3-5-14(19)10-12/h3-11H,1-2H3,(H,21,24)/t18-/m1/s1. The Hall–Kier alpha value is -2.67. The topological polar surface area (TPSA) is 71.0 Å². The van der Waals surface area contributed by atoms with Gasteiger partial charge in [0.05, 0.1) is 13.3 Å². The number of benzene rings is 2. The van der Waals surface area contributed by atoms with Crippen LogP contribution in [0.5, 0.6) is 5.75 Å². The lowest BCUT2D eigenvalue weighted by molar-refractivity contribution is -0.131. The highest BCUT2D eigenvalue weighted by Gasteiger charge is 2.49. The first-order chi connectivity index (χ1) is 11.9. The minimum atomic E-state index is -1.17. The molecule has 1 saturated heterocycles. The van der Waals surface area contributed by atoms with Gasteiger partial charge < -0.3 is 10.1 Å². The van der Waals surface area contributed by atoms with E-state index in [1.807, 2.05) is 24.3 Å². The Morgan fingerprint density at radius 2 is 1.92 bits per heavy atom. The smallest absolute Gasteiger partial charge is 0.346 e. The van der Waals surface area contributed by atoms with Crippen molar-refractivity contribution >= 4 is 34.1 Å². The largest absolute Gasteiger partial charge is 0.497 e. The third-order valence-corrected chi connectivity index (χ3v) is 4.50. The second kappa shape index (κ2) is 6.68. The second-order valence-corrected chi connectivity index (χ2v) is 6.62. The summed E-state index contributed by atoms with van der Waals surface area (Å²) in [5.41, 5.74) is 0.262. The van der Waals surface area contributed by atoms with Crippen molar-refractivity contribution in [1.29, 1.82) is 0 Å². The Morgan fingerprint density at radius 1 is 1.20 bits per heavy atom. The van der Waals surface area contributed by atoms with Crippen molar-refractivity contribution in [3.05, 3.63) is 64.1 Å². The lowest BCUT2D eigenvalue weighted by Crippen LogP contribution is -2.40. The van der Waals surface area contributed by atoms with E-state index in [1.54, 1.807) is 38.3 Å². The van der Waals surface area contributed by atoms with Crippen molar-refractivity contribution in [3.8, 4) is 5.75 Å². The van der Waals surface area contributed by atoms with Gasteiger partial charge in [0.25, 0.3) is 5.91 Å². The van der Waals surface area contributed by atoms with Gasteiger partial charge in [0.1, 0.15) is 11.3 Å². The van der Waals surface area contributed by atoms with Crippen LogP contribution >= 0.6 is 15.9 Å². The van der Waals surface area contributed by atoms with Gasteiger partial charge in [-0.15, -0.1) is 5.01 Å². The van der Waals surface area contributed by atoms with Gasteiger partial charge in [-0.2, -0.15) is 5.10 Å². The number of rotatable bonds is 4. The average Bonchev–Trinajstić information content (AvgIpc) is 2.83. The highest BCUT2D eigenvalue weighted by atomic mass is 79.9. The van der Waals surface area contributed by atoms with Gasteiger partial charge in [-0.1, -0.05) is 40.2 Å². The van der Waals surface area contributed by atoms with Crippen molar-refractivity contribution in [1.82, 2.24) is 10.3 Å². The van der Waals surface area contributed by atoms with E-state index in [4.69, 9.17) is 4.74 Å². The van der Waals surface area contributed by atoms with Gasteiger partial charge in [0.15, 0.2) is 0 Å². The Bertz CT molecular complexity index is 851. The van der Waals surface area contributed by atoms with Crippen LogP contribution in [0.25, 0.3) is 0 Å². The van der Waals surface area contributed by atoms with Crippen LogP contribution in [0.2, 0.25) is 0 Å². The third-order valence-electron chi connectivity index (χ3n) is 4.01. The number of hydrazone groups is 1. The number of hydrogen-bond donors (Lipinski definition) is 1. The van der Waals surface area contributed by atoms with Gasteiger partial charge in [-0.25, -0.2) is 4.79 Å². The molecule has 3 amide bonds. The van der Waals surface area contributed by atoms with E-state index in [0.29, 0.717) is 11.3 Å². The fourth-order valence-electron chi connectivity index (χ4n) is 2.56. The van der Waals surface area contributed by atoms with E-state index < -0.39 is 17.5 Å². The van der Waals surface area contributed by atoms with Crippen LogP contribution in [0.1, 0.15) is 18.1 Å². The summed E-state index contributed by atoms with van der Waals surface area (Å²) in [6, 6.07) is 13.8. The molecule has 6 nitrogen and oxygen atoms in total. The summed E-state index contributed by atoms with van der Waals surface area (Å²) in [7, 11) is 1.57. The first-order valence-corrected chi connectivity index (χ1v) is 8.34. The van der Waals surface area contributed by atoms with Crippen molar-refractivity contribution in [2.45, 2.75) is 12.5 Å². The van der Waals surface area contributed by atoms with Crippen molar-refractivity contribution < 1.29 is 14.3 Å². The summed E-state index contributed by atoms with van der Waals surface area (Å²) < 4.78 is 6.01. The molecule has 1 N–H and O–H groups in total. The maximum absolute atomic E-state index is 12.8. The van der Waals surface area contributed by atoms with Crippen LogP contribution in [0.4, 0.5) is 4.79 Å². The van der Waals surface area contributed by atoms with Crippen LogP contribution < -0.4 is 10.1 Å². The Balaban J connectivity index is 1.86. The van der Waals surface area contributed by atoms with E-state index >= 15 is 0 Å². The molecule has 0 aliphatic carbocycles. The van der Waals surface area contributed by atoms with Crippen molar-refractivity contribution in [2.24, 2.45) is 5.10 Å². The average molecular weight is 402 g/mol. The molecule has 128 valence electrons. The lowest BCUT2D eigenvalue weighted by atomic mass is 9.92. The molecule has 2 aromatic carbocycles. The van der Waals surface area contributed by atoms with E-state index in [9.17, 15) is 9.59 Å². The predicted octanol–water partition coefficient (Wildman–Crippen LogP) is 3.26. The van der Waals surface area contributed by atoms with Gasteiger partial charge in [-0.05, 0) is 42.3 Å². The Morgan fingerprint density at radius 3 is 2.56 bits per heavy atom. The number of carbonyl (C=O) groups excluding carboxylic acids is 2. The monoisotopic (exact) mass is 401 g/mol. The summed E-state index contributed by atoms with van der Waals surface area (Å²) in [4.78, 5) is 25.0. The molecule has 1 aliphatic heterocycles. The number of imide groups is 1. The summed E-state index contributed by atoms with van der Waals surface area (Å²) in [5.74, 6) is 0.238. The lowest BCUT2D eigenvalue weighted by Gasteiger charge is -2.21. The zero-order chi connectivity index (χ0) is 18.0. The minimum Gasteiger partial charge on any atom is -0.497 e. The predicted molar refractivity (Wildman–Crippen MR) is 97.5 cm³/mol. The van der Waals surface area contributed by atoms with Gasteiger partial charge >= 0.3 is 6.03 Å². The van der Waals surface area contributed by atoms with E-state index in [0.717, 1.165) is 15.0 Å². The first kappa shape index (κ1) is 17.2. The molecule has 0 aromatic heterocycles. The number of nitrogens with zero attached hydrogens (tertiary/aromatic N) is 2. The van der Waals surface area contributed by atoms with Crippen molar-refractivity contribution in [3.63, 3.8) is 0 Å². The Labute approximate surface area is 153 Å². The molecule has 0 radical (unpaired) electrons. The number of urea groups is 1. The molecule has 25 heavy (non-hydrogen) atoms. The summed E-state index contributed by atoms with van der Waals surface area (Å²) >= 11 is 3.37. The van der Waals surface area contributed by atoms with Crippen LogP contribution in [-0.4, -0.2) is 30.3 Å². The molecular weight excluding hydrogens is 386 g/mol. The molecule has 0 bridgehead atoms. The van der Waals surface area contributed by atoms with Crippen LogP contribution in [-0.2, 0) is 10.3 Å². The zero-order valence-corrected chi connectivity index (χ0v) is 15.3. The fourth-order valence-corrected chi connectivity index (χ4v) is 2.98.